The highest BCUT2D eigenvalue weighted by Gasteiger charge is 2.29. The Bertz CT molecular complexity index is 1030. The summed E-state index contributed by atoms with van der Waals surface area (Å²) < 4.78 is 11.0. The normalized spacial score (nSPS) is 11.4. The molecule has 3 rings (SSSR count). The Hall–Kier alpha value is -3.94. The highest BCUT2D eigenvalue weighted by atomic mass is 16.5. The van der Waals surface area contributed by atoms with Gasteiger partial charge < -0.3 is 14.5 Å². The number of ether oxygens (including phenoxy) is 1. The van der Waals surface area contributed by atoms with Crippen LogP contribution in [0.25, 0.3) is 11.5 Å². The zero-order chi connectivity index (χ0) is 21.5. The molecule has 0 fully saturated rings. The maximum Gasteiger partial charge on any atom is 0.361 e. The molecule has 0 aliphatic carbocycles. The van der Waals surface area contributed by atoms with E-state index in [9.17, 15) is 14.4 Å². The summed E-state index contributed by atoms with van der Waals surface area (Å²) in [4.78, 5) is 41.4. The summed E-state index contributed by atoms with van der Waals surface area (Å²) in [5, 5.41) is 4.63. The lowest BCUT2D eigenvalue weighted by Gasteiger charge is -2.17. The van der Waals surface area contributed by atoms with Crippen molar-refractivity contribution in [2.45, 2.75) is 20.0 Å². The molecule has 8 nitrogen and oxygen atoms in total. The molecule has 0 radical (unpaired) electrons. The third-order valence-electron chi connectivity index (χ3n) is 4.15. The van der Waals surface area contributed by atoms with Gasteiger partial charge in [0.2, 0.25) is 12.0 Å². The number of benzene rings is 2. The van der Waals surface area contributed by atoms with E-state index in [1.807, 2.05) is 18.2 Å². The lowest BCUT2D eigenvalue weighted by atomic mass is 10.1. The monoisotopic (exact) mass is 407 g/mol. The van der Waals surface area contributed by atoms with Crippen molar-refractivity contribution in [3.8, 4) is 11.5 Å². The van der Waals surface area contributed by atoms with Gasteiger partial charge in [0.05, 0.1) is 0 Å². The molecule has 154 valence electrons. The Kier molecular flexibility index (Phi) is 6.59. The van der Waals surface area contributed by atoms with E-state index < -0.39 is 24.0 Å². The Labute approximate surface area is 173 Å². The molecular formula is C22H21N3O5. The van der Waals surface area contributed by atoms with Crippen LogP contribution in [-0.4, -0.2) is 29.4 Å². The van der Waals surface area contributed by atoms with Crippen LogP contribution in [-0.2, 0) is 9.53 Å². The van der Waals surface area contributed by atoms with Gasteiger partial charge in [-0.25, -0.2) is 14.6 Å². The first-order chi connectivity index (χ1) is 14.5. The Morgan fingerprint density at radius 3 is 2.30 bits per heavy atom. The fraction of sp³-hybridized carbons (Fsp3) is 0.182. The second-order valence-electron chi connectivity index (χ2n) is 6.33. The number of aryl methyl sites for hydroxylation is 1. The van der Waals surface area contributed by atoms with E-state index >= 15 is 0 Å². The maximum absolute atomic E-state index is 12.8. The van der Waals surface area contributed by atoms with Crippen LogP contribution in [0.5, 0.6) is 0 Å². The molecule has 8 heteroatoms. The van der Waals surface area contributed by atoms with Crippen LogP contribution in [0.4, 0.5) is 4.79 Å². The summed E-state index contributed by atoms with van der Waals surface area (Å²) in [6.07, 6.45) is -1.34. The predicted molar refractivity (Wildman–Crippen MR) is 108 cm³/mol. The van der Waals surface area contributed by atoms with Gasteiger partial charge in [0.1, 0.15) is 5.76 Å². The van der Waals surface area contributed by atoms with Crippen LogP contribution in [0.2, 0.25) is 0 Å². The van der Waals surface area contributed by atoms with Crippen LogP contribution < -0.4 is 10.6 Å². The van der Waals surface area contributed by atoms with Gasteiger partial charge in [-0.3, -0.25) is 10.1 Å². The molecule has 0 saturated heterocycles. The van der Waals surface area contributed by atoms with Gasteiger partial charge >= 0.3 is 12.0 Å². The smallest absolute Gasteiger partial charge is 0.361 e. The first-order valence-electron chi connectivity index (χ1n) is 9.37. The number of hydrogen-bond donors (Lipinski definition) is 2. The number of carbonyl (C=O) groups excluding carboxylic acids is 3. The molecular weight excluding hydrogens is 386 g/mol. The Morgan fingerprint density at radius 2 is 1.67 bits per heavy atom. The number of rotatable bonds is 6. The quantitative estimate of drug-likeness (QED) is 0.606. The third kappa shape index (κ3) is 4.91. The summed E-state index contributed by atoms with van der Waals surface area (Å²) >= 11 is 0. The minimum absolute atomic E-state index is 0.0411. The average Bonchev–Trinajstić information content (AvgIpc) is 3.15. The molecule has 0 saturated carbocycles. The number of oxazole rings is 1. The maximum atomic E-state index is 12.8. The van der Waals surface area contributed by atoms with Gasteiger partial charge in [0.25, 0.3) is 5.91 Å². The fourth-order valence-electron chi connectivity index (χ4n) is 2.74. The van der Waals surface area contributed by atoms with E-state index in [2.05, 4.69) is 15.6 Å². The summed E-state index contributed by atoms with van der Waals surface area (Å²) in [7, 11) is 0. The average molecular weight is 407 g/mol. The molecule has 1 aromatic heterocycles. The number of hydrogen-bond acceptors (Lipinski definition) is 6. The molecule has 1 heterocycles. The molecule has 30 heavy (non-hydrogen) atoms. The molecule has 0 unspecified atom stereocenters. The van der Waals surface area contributed by atoms with Gasteiger partial charge in [0, 0.05) is 17.7 Å². The number of amides is 3. The van der Waals surface area contributed by atoms with Crippen LogP contribution >= 0.6 is 0 Å². The van der Waals surface area contributed by atoms with Crippen molar-refractivity contribution in [3.63, 3.8) is 0 Å². The van der Waals surface area contributed by atoms with Crippen molar-refractivity contribution in [2.75, 3.05) is 6.54 Å². The van der Waals surface area contributed by atoms with Crippen molar-refractivity contribution in [2.24, 2.45) is 0 Å². The largest absolute Gasteiger partial charge is 0.442 e. The Balaban J connectivity index is 1.84. The van der Waals surface area contributed by atoms with E-state index in [-0.39, 0.29) is 17.3 Å². The highest BCUT2D eigenvalue weighted by molar-refractivity contribution is 5.99. The summed E-state index contributed by atoms with van der Waals surface area (Å²) in [5.41, 5.74) is 1.07. The lowest BCUT2D eigenvalue weighted by Crippen LogP contribution is -2.42. The first kappa shape index (κ1) is 20.8. The van der Waals surface area contributed by atoms with Crippen molar-refractivity contribution in [3.05, 3.63) is 77.7 Å². The second kappa shape index (κ2) is 9.51. The number of nitrogens with zero attached hydrogens (tertiary/aromatic N) is 1. The molecule has 0 aliphatic heterocycles. The zero-order valence-electron chi connectivity index (χ0n) is 16.5. The molecule has 0 spiro atoms. The zero-order valence-corrected chi connectivity index (χ0v) is 16.5. The van der Waals surface area contributed by atoms with E-state index in [4.69, 9.17) is 9.15 Å². The molecule has 2 aromatic carbocycles. The molecule has 0 aliphatic rings. The summed E-state index contributed by atoms with van der Waals surface area (Å²) in [6.45, 7) is 3.65. The summed E-state index contributed by atoms with van der Waals surface area (Å²) in [6, 6.07) is 16.8. The van der Waals surface area contributed by atoms with E-state index in [0.717, 1.165) is 0 Å². The van der Waals surface area contributed by atoms with Gasteiger partial charge in [-0.05, 0) is 26.0 Å². The topological polar surface area (TPSA) is 111 Å². The van der Waals surface area contributed by atoms with Crippen LogP contribution in [0.15, 0.2) is 65.1 Å². The van der Waals surface area contributed by atoms with Gasteiger partial charge in [-0.15, -0.1) is 0 Å². The van der Waals surface area contributed by atoms with Crippen molar-refractivity contribution >= 4 is 17.9 Å². The van der Waals surface area contributed by atoms with Crippen LogP contribution in [0.1, 0.15) is 34.8 Å². The van der Waals surface area contributed by atoms with E-state index in [0.29, 0.717) is 17.7 Å². The second-order valence-corrected chi connectivity index (χ2v) is 6.33. The third-order valence-corrected chi connectivity index (χ3v) is 4.15. The lowest BCUT2D eigenvalue weighted by molar-refractivity contribution is -0.129. The SMILES string of the molecule is CCNC(=O)NC(=O)[C@H](OC(=O)c1nc(-c2ccccc2)oc1C)c1ccccc1. The molecule has 1 atom stereocenters. The van der Waals surface area contributed by atoms with Crippen LogP contribution in [0.3, 0.4) is 0 Å². The van der Waals surface area contributed by atoms with Gasteiger partial charge in [0.15, 0.2) is 5.69 Å². The molecule has 3 aromatic rings. The molecule has 0 bridgehead atoms. The standard InChI is InChI=1S/C22H21N3O5/c1-3-23-22(28)25-19(26)18(15-10-6-4-7-11-15)30-21(27)17-14(2)29-20(24-17)16-12-8-5-9-13-16/h4-13,18H,3H2,1-2H3,(H2,23,25,26,28)/t18-/m1/s1. The summed E-state index contributed by atoms with van der Waals surface area (Å²) in [5.74, 6) is -1.08. The minimum Gasteiger partial charge on any atom is -0.442 e. The van der Waals surface area contributed by atoms with E-state index in [1.165, 1.54) is 0 Å². The minimum atomic E-state index is -1.34. The highest BCUT2D eigenvalue weighted by Crippen LogP contribution is 2.24. The fourth-order valence-corrected chi connectivity index (χ4v) is 2.74. The number of nitrogens with one attached hydrogen (secondary N) is 2. The Morgan fingerprint density at radius 1 is 1.03 bits per heavy atom. The van der Waals surface area contributed by atoms with Gasteiger partial charge in [-0.1, -0.05) is 48.5 Å². The number of urea groups is 1. The molecule has 2 N–H and O–H groups in total. The van der Waals surface area contributed by atoms with Crippen molar-refractivity contribution < 1.29 is 23.5 Å². The number of aromatic nitrogens is 1. The first-order valence-corrected chi connectivity index (χ1v) is 9.37. The molecule has 3 amide bonds. The van der Waals surface area contributed by atoms with Gasteiger partial charge in [-0.2, -0.15) is 0 Å². The van der Waals surface area contributed by atoms with Crippen molar-refractivity contribution in [1.82, 2.24) is 15.6 Å². The van der Waals surface area contributed by atoms with Crippen molar-refractivity contribution in [1.29, 1.82) is 0 Å². The van der Waals surface area contributed by atoms with Crippen LogP contribution in [0, 0.1) is 6.92 Å². The number of imide groups is 1. The predicted octanol–water partition coefficient (Wildman–Crippen LogP) is 3.39. The number of esters is 1. The van der Waals surface area contributed by atoms with E-state index in [1.54, 1.807) is 56.3 Å². The number of carbonyl (C=O) groups is 3.